The molecule has 0 aromatic heterocycles. The molecule has 2 heteroatoms. The van der Waals surface area contributed by atoms with Crippen molar-refractivity contribution >= 4 is 0 Å². The van der Waals surface area contributed by atoms with E-state index in [2.05, 4.69) is 27.7 Å². The zero-order chi connectivity index (χ0) is 15.5. The molecule has 0 heterocycles. The van der Waals surface area contributed by atoms with Crippen molar-refractivity contribution in [1.82, 2.24) is 0 Å². The van der Waals surface area contributed by atoms with Crippen molar-refractivity contribution in [3.05, 3.63) is 0 Å². The number of rotatable bonds is 5. The summed E-state index contributed by atoms with van der Waals surface area (Å²) in [6, 6.07) is 0. The van der Waals surface area contributed by atoms with E-state index >= 15 is 0 Å². The second-order valence-electron chi connectivity index (χ2n) is 8.22. The minimum atomic E-state index is -0.0134. The Balaban J connectivity index is 2.02. The predicted octanol–water partition coefficient (Wildman–Crippen LogP) is 4.76. The molecule has 2 saturated carbocycles. The van der Waals surface area contributed by atoms with Crippen molar-refractivity contribution < 1.29 is 4.74 Å². The zero-order valence-electron chi connectivity index (χ0n) is 14.7. The maximum atomic E-state index is 6.78. The summed E-state index contributed by atoms with van der Waals surface area (Å²) in [4.78, 5) is 0. The lowest BCUT2D eigenvalue weighted by molar-refractivity contribution is -0.153. The van der Waals surface area contributed by atoms with E-state index < -0.39 is 0 Å². The molecule has 2 aliphatic rings. The van der Waals surface area contributed by atoms with Gasteiger partial charge in [-0.3, -0.25) is 0 Å². The van der Waals surface area contributed by atoms with Crippen LogP contribution in [-0.2, 0) is 4.74 Å². The van der Waals surface area contributed by atoms with Crippen LogP contribution in [0.15, 0.2) is 0 Å². The van der Waals surface area contributed by atoms with Crippen LogP contribution >= 0.6 is 0 Å². The summed E-state index contributed by atoms with van der Waals surface area (Å²) in [7, 11) is 0. The van der Waals surface area contributed by atoms with E-state index in [1.807, 2.05) is 0 Å². The highest BCUT2D eigenvalue weighted by Crippen LogP contribution is 2.42. The van der Waals surface area contributed by atoms with Gasteiger partial charge in [-0.05, 0) is 62.2 Å². The first kappa shape index (κ1) is 17.3. The molecule has 21 heavy (non-hydrogen) atoms. The molecule has 0 saturated heterocycles. The topological polar surface area (TPSA) is 35.2 Å². The van der Waals surface area contributed by atoms with Gasteiger partial charge in [0.15, 0.2) is 0 Å². The van der Waals surface area contributed by atoms with Gasteiger partial charge in [-0.15, -0.1) is 0 Å². The third kappa shape index (κ3) is 4.22. The Bertz CT molecular complexity index is 307. The SMILES string of the molecule is CCC1CCC(CN)(OC2CC(C)CCC2C(C)C)CC1. The number of nitrogens with two attached hydrogens (primary N) is 1. The van der Waals surface area contributed by atoms with Crippen molar-refractivity contribution in [2.45, 2.75) is 90.8 Å². The molecule has 0 aromatic carbocycles. The molecule has 2 rings (SSSR count). The number of hydrogen-bond donors (Lipinski definition) is 1. The van der Waals surface area contributed by atoms with Gasteiger partial charge < -0.3 is 10.5 Å². The molecule has 0 bridgehead atoms. The van der Waals surface area contributed by atoms with Gasteiger partial charge in [0, 0.05) is 6.54 Å². The quantitative estimate of drug-likeness (QED) is 0.793. The van der Waals surface area contributed by atoms with Crippen LogP contribution < -0.4 is 5.73 Å². The Hall–Kier alpha value is -0.0800. The van der Waals surface area contributed by atoms with Crippen molar-refractivity contribution in [2.75, 3.05) is 6.54 Å². The van der Waals surface area contributed by atoms with Crippen LogP contribution in [0.3, 0.4) is 0 Å². The third-order valence-electron chi connectivity index (χ3n) is 6.33. The zero-order valence-corrected chi connectivity index (χ0v) is 14.7. The summed E-state index contributed by atoms with van der Waals surface area (Å²) < 4.78 is 6.78. The minimum Gasteiger partial charge on any atom is -0.370 e. The second-order valence-corrected chi connectivity index (χ2v) is 8.22. The molecule has 0 aromatic rings. The predicted molar refractivity (Wildman–Crippen MR) is 90.3 cm³/mol. The largest absolute Gasteiger partial charge is 0.370 e. The molecular formula is C19H37NO. The summed E-state index contributed by atoms with van der Waals surface area (Å²) in [6.07, 6.45) is 10.7. The van der Waals surface area contributed by atoms with Crippen LogP contribution in [0, 0.1) is 23.7 Å². The van der Waals surface area contributed by atoms with Crippen LogP contribution in [0.25, 0.3) is 0 Å². The number of hydrogen-bond acceptors (Lipinski definition) is 2. The monoisotopic (exact) mass is 295 g/mol. The van der Waals surface area contributed by atoms with Gasteiger partial charge in [0.2, 0.25) is 0 Å². The van der Waals surface area contributed by atoms with Gasteiger partial charge in [-0.1, -0.05) is 40.5 Å². The molecular weight excluding hydrogens is 258 g/mol. The highest BCUT2D eigenvalue weighted by Gasteiger charge is 2.40. The van der Waals surface area contributed by atoms with Crippen molar-refractivity contribution in [2.24, 2.45) is 29.4 Å². The van der Waals surface area contributed by atoms with Gasteiger partial charge in [-0.25, -0.2) is 0 Å². The molecule has 0 spiro atoms. The highest BCUT2D eigenvalue weighted by molar-refractivity contribution is 4.91. The standard InChI is InChI=1S/C19H37NO/c1-5-16-8-10-19(13-20,11-9-16)21-18-12-15(4)6-7-17(18)14(2)3/h14-18H,5-13,20H2,1-4H3. The second kappa shape index (κ2) is 7.46. The van der Waals surface area contributed by atoms with Crippen molar-refractivity contribution in [3.63, 3.8) is 0 Å². The smallest absolute Gasteiger partial charge is 0.0808 e. The molecule has 0 aliphatic heterocycles. The molecule has 2 N–H and O–H groups in total. The summed E-state index contributed by atoms with van der Waals surface area (Å²) >= 11 is 0. The molecule has 2 nitrogen and oxygen atoms in total. The minimum absolute atomic E-state index is 0.0134. The van der Waals surface area contributed by atoms with Crippen molar-refractivity contribution in [3.8, 4) is 0 Å². The van der Waals surface area contributed by atoms with E-state index in [-0.39, 0.29) is 5.60 Å². The lowest BCUT2D eigenvalue weighted by Gasteiger charge is -2.46. The number of ether oxygens (including phenoxy) is 1. The van der Waals surface area contributed by atoms with E-state index in [4.69, 9.17) is 10.5 Å². The summed E-state index contributed by atoms with van der Waals surface area (Å²) in [6.45, 7) is 10.1. The van der Waals surface area contributed by atoms with E-state index in [1.54, 1.807) is 0 Å². The fourth-order valence-electron chi connectivity index (χ4n) is 4.55. The lowest BCUT2D eigenvalue weighted by Crippen LogP contribution is -2.49. The summed E-state index contributed by atoms with van der Waals surface area (Å²) in [5.41, 5.74) is 6.16. The third-order valence-corrected chi connectivity index (χ3v) is 6.33. The molecule has 124 valence electrons. The van der Waals surface area contributed by atoms with Crippen LogP contribution in [0.2, 0.25) is 0 Å². The maximum Gasteiger partial charge on any atom is 0.0808 e. The van der Waals surface area contributed by atoms with Crippen molar-refractivity contribution in [1.29, 1.82) is 0 Å². The van der Waals surface area contributed by atoms with Crippen LogP contribution in [0.5, 0.6) is 0 Å². The fraction of sp³-hybridized carbons (Fsp3) is 1.00. The summed E-state index contributed by atoms with van der Waals surface area (Å²) in [5, 5.41) is 0. The Kier molecular flexibility index (Phi) is 6.14. The summed E-state index contributed by atoms with van der Waals surface area (Å²) in [5.74, 6) is 3.17. The van der Waals surface area contributed by atoms with E-state index in [9.17, 15) is 0 Å². The Morgan fingerprint density at radius 1 is 1.14 bits per heavy atom. The average molecular weight is 296 g/mol. The van der Waals surface area contributed by atoms with E-state index in [0.717, 1.165) is 23.7 Å². The molecule has 3 atom stereocenters. The van der Waals surface area contributed by atoms with Crippen LogP contribution in [-0.4, -0.2) is 18.2 Å². The Morgan fingerprint density at radius 3 is 2.33 bits per heavy atom. The molecule has 2 aliphatic carbocycles. The van der Waals surface area contributed by atoms with Gasteiger partial charge in [0.05, 0.1) is 11.7 Å². The Labute approximate surface area is 132 Å². The average Bonchev–Trinajstić information content (AvgIpc) is 2.47. The molecule has 0 radical (unpaired) electrons. The van der Waals surface area contributed by atoms with Gasteiger partial charge >= 0.3 is 0 Å². The lowest BCUT2D eigenvalue weighted by atomic mass is 9.73. The fourth-order valence-corrected chi connectivity index (χ4v) is 4.55. The van der Waals surface area contributed by atoms with E-state index in [1.165, 1.54) is 51.4 Å². The maximum absolute atomic E-state index is 6.78. The molecule has 3 unspecified atom stereocenters. The van der Waals surface area contributed by atoms with Gasteiger partial charge in [0.1, 0.15) is 0 Å². The highest BCUT2D eigenvalue weighted by atomic mass is 16.5. The first-order valence-electron chi connectivity index (χ1n) is 9.37. The van der Waals surface area contributed by atoms with Crippen LogP contribution in [0.1, 0.15) is 79.1 Å². The Morgan fingerprint density at radius 2 is 1.81 bits per heavy atom. The molecule has 2 fully saturated rings. The first-order valence-corrected chi connectivity index (χ1v) is 9.37. The normalized spacial score (nSPS) is 41.4. The first-order chi connectivity index (χ1) is 9.99. The van der Waals surface area contributed by atoms with E-state index in [0.29, 0.717) is 12.6 Å². The van der Waals surface area contributed by atoms with Gasteiger partial charge in [0.25, 0.3) is 0 Å². The van der Waals surface area contributed by atoms with Crippen LogP contribution in [0.4, 0.5) is 0 Å². The van der Waals surface area contributed by atoms with Gasteiger partial charge in [-0.2, -0.15) is 0 Å². The molecule has 0 amide bonds.